The highest BCUT2D eigenvalue weighted by Gasteiger charge is 2.15. The lowest BCUT2D eigenvalue weighted by Gasteiger charge is -2.14. The van der Waals surface area contributed by atoms with Crippen molar-refractivity contribution in [1.82, 2.24) is 9.99 Å². The van der Waals surface area contributed by atoms with E-state index in [1.807, 2.05) is 5.43 Å². The predicted molar refractivity (Wildman–Crippen MR) is 81.9 cm³/mol. The molecular formula is C15H17N3O4. The molecule has 7 heteroatoms. The van der Waals surface area contributed by atoms with E-state index in [9.17, 15) is 9.59 Å². The van der Waals surface area contributed by atoms with E-state index in [4.69, 9.17) is 15.3 Å². The molecule has 0 bridgehead atoms. The number of ether oxygens (including phenoxy) is 2. The summed E-state index contributed by atoms with van der Waals surface area (Å²) >= 11 is 0. The number of hydrazine groups is 1. The molecule has 1 amide bonds. The molecule has 3 N–H and O–H groups in total. The number of nitrogens with one attached hydrogen (secondary N) is 1. The maximum absolute atomic E-state index is 12.3. The fourth-order valence-corrected chi connectivity index (χ4v) is 2.17. The third-order valence-electron chi connectivity index (χ3n) is 3.36. The molecule has 116 valence electrons. The number of amides is 1. The lowest BCUT2D eigenvalue weighted by Crippen LogP contribution is -2.36. The number of hydrogen-bond donors (Lipinski definition) is 2. The topological polar surface area (TPSA) is 95.6 Å². The summed E-state index contributed by atoms with van der Waals surface area (Å²) in [6, 6.07) is 8.37. The van der Waals surface area contributed by atoms with E-state index in [-0.39, 0.29) is 5.56 Å². The Morgan fingerprint density at radius 2 is 1.91 bits per heavy atom. The van der Waals surface area contributed by atoms with Crippen LogP contribution in [0.4, 0.5) is 0 Å². The fourth-order valence-electron chi connectivity index (χ4n) is 2.17. The first kappa shape index (κ1) is 15.6. The van der Waals surface area contributed by atoms with Crippen molar-refractivity contribution in [3.8, 4) is 22.8 Å². The van der Waals surface area contributed by atoms with Crippen molar-refractivity contribution < 1.29 is 14.3 Å². The minimum atomic E-state index is -0.631. The molecule has 22 heavy (non-hydrogen) atoms. The van der Waals surface area contributed by atoms with Crippen LogP contribution in [0.1, 0.15) is 10.4 Å². The van der Waals surface area contributed by atoms with Gasteiger partial charge < -0.3 is 14.0 Å². The van der Waals surface area contributed by atoms with Crippen molar-refractivity contribution >= 4 is 5.91 Å². The highest BCUT2D eigenvalue weighted by molar-refractivity contribution is 5.93. The van der Waals surface area contributed by atoms with Crippen LogP contribution < -0.4 is 26.3 Å². The van der Waals surface area contributed by atoms with Gasteiger partial charge in [-0.25, -0.2) is 5.84 Å². The largest absolute Gasteiger partial charge is 0.497 e. The maximum atomic E-state index is 12.3. The Morgan fingerprint density at radius 1 is 1.18 bits per heavy atom. The highest BCUT2D eigenvalue weighted by Crippen LogP contribution is 2.32. The lowest BCUT2D eigenvalue weighted by atomic mass is 10.1. The summed E-state index contributed by atoms with van der Waals surface area (Å²) in [4.78, 5) is 23.8. The van der Waals surface area contributed by atoms with Gasteiger partial charge in [-0.3, -0.25) is 15.0 Å². The molecule has 1 heterocycles. The number of methoxy groups -OCH3 is 2. The zero-order chi connectivity index (χ0) is 16.3. The predicted octanol–water partition coefficient (Wildman–Crippen LogP) is 0.673. The number of benzene rings is 1. The van der Waals surface area contributed by atoms with Crippen LogP contribution in [0.25, 0.3) is 11.3 Å². The van der Waals surface area contributed by atoms with Gasteiger partial charge in [-0.05, 0) is 24.3 Å². The Hall–Kier alpha value is -2.80. The number of nitrogen functional groups attached to an aromatic ring is 1. The molecule has 0 atom stereocenters. The van der Waals surface area contributed by atoms with Crippen molar-refractivity contribution in [3.05, 3.63) is 46.2 Å². The van der Waals surface area contributed by atoms with E-state index in [2.05, 4.69) is 0 Å². The molecule has 0 spiro atoms. The maximum Gasteiger partial charge on any atom is 0.270 e. The molecule has 0 aliphatic heterocycles. The van der Waals surface area contributed by atoms with Gasteiger partial charge in [0.15, 0.2) is 0 Å². The second-order valence-corrected chi connectivity index (χ2v) is 4.54. The number of nitrogens with zero attached hydrogens (tertiary/aromatic N) is 1. The molecule has 0 fully saturated rings. The summed E-state index contributed by atoms with van der Waals surface area (Å²) in [6.45, 7) is 0. The summed E-state index contributed by atoms with van der Waals surface area (Å²) in [6.07, 6.45) is 0. The molecule has 0 aliphatic carbocycles. The van der Waals surface area contributed by atoms with E-state index in [0.717, 1.165) is 0 Å². The van der Waals surface area contributed by atoms with Crippen LogP contribution in [0, 0.1) is 0 Å². The summed E-state index contributed by atoms with van der Waals surface area (Å²) < 4.78 is 11.9. The van der Waals surface area contributed by atoms with Crippen LogP contribution in [-0.2, 0) is 7.05 Å². The van der Waals surface area contributed by atoms with Crippen molar-refractivity contribution in [1.29, 1.82) is 0 Å². The first-order chi connectivity index (χ1) is 10.5. The number of nitrogens with two attached hydrogens (primary N) is 1. The quantitative estimate of drug-likeness (QED) is 0.492. The van der Waals surface area contributed by atoms with Gasteiger partial charge in [-0.15, -0.1) is 0 Å². The van der Waals surface area contributed by atoms with Crippen molar-refractivity contribution in [3.63, 3.8) is 0 Å². The number of carbonyl (C=O) groups is 1. The average molecular weight is 303 g/mol. The minimum Gasteiger partial charge on any atom is -0.497 e. The summed E-state index contributed by atoms with van der Waals surface area (Å²) in [5, 5.41) is 0. The standard InChI is InChI=1S/C15H17N3O4/c1-18-12(7-6-11(15(18)20)14(19)17-16)10-5-4-9(21-2)8-13(10)22-3/h4-8H,16H2,1-3H3,(H,17,19). The van der Waals surface area contributed by atoms with Gasteiger partial charge in [0.1, 0.15) is 17.1 Å². The zero-order valence-corrected chi connectivity index (χ0v) is 12.5. The van der Waals surface area contributed by atoms with E-state index in [1.54, 1.807) is 38.4 Å². The Balaban J connectivity index is 2.62. The highest BCUT2D eigenvalue weighted by atomic mass is 16.5. The van der Waals surface area contributed by atoms with Crippen molar-refractivity contribution in [2.45, 2.75) is 0 Å². The zero-order valence-electron chi connectivity index (χ0n) is 12.5. The molecule has 1 aromatic heterocycles. The van der Waals surface area contributed by atoms with E-state index in [1.165, 1.54) is 17.7 Å². The number of hydrogen-bond acceptors (Lipinski definition) is 5. The lowest BCUT2D eigenvalue weighted by molar-refractivity contribution is 0.0951. The molecule has 2 rings (SSSR count). The molecular weight excluding hydrogens is 286 g/mol. The normalized spacial score (nSPS) is 10.2. The molecule has 0 saturated heterocycles. The summed E-state index contributed by atoms with van der Waals surface area (Å²) in [7, 11) is 4.67. The van der Waals surface area contributed by atoms with E-state index in [0.29, 0.717) is 22.8 Å². The molecule has 2 aromatic rings. The Morgan fingerprint density at radius 3 is 2.50 bits per heavy atom. The molecule has 0 aliphatic rings. The SMILES string of the molecule is COc1ccc(-c2ccc(C(=O)NN)c(=O)n2C)c(OC)c1. The van der Waals surface area contributed by atoms with Crippen molar-refractivity contribution in [2.75, 3.05) is 14.2 Å². The first-order valence-electron chi connectivity index (χ1n) is 6.46. The van der Waals surface area contributed by atoms with E-state index >= 15 is 0 Å². The van der Waals surface area contributed by atoms with Crippen LogP contribution in [0.5, 0.6) is 11.5 Å². The van der Waals surface area contributed by atoms with Crippen LogP contribution in [0.15, 0.2) is 35.1 Å². The van der Waals surface area contributed by atoms with Gasteiger partial charge in [-0.2, -0.15) is 0 Å². The fraction of sp³-hybridized carbons (Fsp3) is 0.200. The van der Waals surface area contributed by atoms with Crippen LogP contribution >= 0.6 is 0 Å². The Bertz CT molecular complexity index is 768. The molecule has 1 aromatic carbocycles. The first-order valence-corrected chi connectivity index (χ1v) is 6.46. The van der Waals surface area contributed by atoms with Gasteiger partial charge in [0, 0.05) is 18.7 Å². The van der Waals surface area contributed by atoms with Gasteiger partial charge >= 0.3 is 0 Å². The monoisotopic (exact) mass is 303 g/mol. The Labute approximate surface area is 127 Å². The van der Waals surface area contributed by atoms with Crippen LogP contribution in [0.3, 0.4) is 0 Å². The number of carbonyl (C=O) groups excluding carboxylic acids is 1. The molecule has 0 radical (unpaired) electrons. The van der Waals surface area contributed by atoms with E-state index < -0.39 is 11.5 Å². The number of aromatic nitrogens is 1. The van der Waals surface area contributed by atoms with Gasteiger partial charge in [-0.1, -0.05) is 0 Å². The second kappa shape index (κ2) is 6.31. The number of pyridine rings is 1. The molecule has 0 unspecified atom stereocenters. The summed E-state index contributed by atoms with van der Waals surface area (Å²) in [5.41, 5.74) is 2.80. The summed E-state index contributed by atoms with van der Waals surface area (Å²) in [5.74, 6) is 5.64. The third kappa shape index (κ3) is 2.66. The van der Waals surface area contributed by atoms with Crippen molar-refractivity contribution in [2.24, 2.45) is 12.9 Å². The minimum absolute atomic E-state index is 0.0266. The number of rotatable bonds is 4. The van der Waals surface area contributed by atoms with Crippen LogP contribution in [0.2, 0.25) is 0 Å². The molecule has 0 saturated carbocycles. The average Bonchev–Trinajstić information content (AvgIpc) is 2.56. The molecule has 7 nitrogen and oxygen atoms in total. The third-order valence-corrected chi connectivity index (χ3v) is 3.36. The van der Waals surface area contributed by atoms with Gasteiger partial charge in [0.2, 0.25) is 0 Å². The van der Waals surface area contributed by atoms with Gasteiger partial charge in [0.25, 0.3) is 11.5 Å². The smallest absolute Gasteiger partial charge is 0.270 e. The van der Waals surface area contributed by atoms with Gasteiger partial charge in [0.05, 0.1) is 19.9 Å². The Kier molecular flexibility index (Phi) is 4.47. The second-order valence-electron chi connectivity index (χ2n) is 4.54. The van der Waals surface area contributed by atoms with Crippen LogP contribution in [-0.4, -0.2) is 24.7 Å².